The molecule has 0 saturated heterocycles. The van der Waals surface area contributed by atoms with Crippen LogP contribution in [0.2, 0.25) is 0 Å². The average Bonchev–Trinajstić information content (AvgIpc) is 3.09. The molecule has 0 radical (unpaired) electrons. The summed E-state index contributed by atoms with van der Waals surface area (Å²) in [7, 11) is 0. The number of fused-ring (bicyclic) bond motifs is 3. The van der Waals surface area contributed by atoms with E-state index in [0.29, 0.717) is 6.54 Å². The topological polar surface area (TPSA) is 104 Å². The van der Waals surface area contributed by atoms with Gasteiger partial charge in [-0.2, -0.15) is 0 Å². The SMILES string of the molecule is CCOC(=O)c1ncn2c1nnc1c(=O)n(Cc3ccccc3)cnc12. The van der Waals surface area contributed by atoms with Gasteiger partial charge in [0.1, 0.15) is 12.7 Å². The summed E-state index contributed by atoms with van der Waals surface area (Å²) in [4.78, 5) is 33.0. The smallest absolute Gasteiger partial charge is 0.360 e. The molecule has 0 aliphatic rings. The van der Waals surface area contributed by atoms with Gasteiger partial charge in [-0.15, -0.1) is 10.2 Å². The Kier molecular flexibility index (Phi) is 3.88. The first-order chi connectivity index (χ1) is 12.7. The fourth-order valence-corrected chi connectivity index (χ4v) is 2.66. The molecule has 0 aliphatic heterocycles. The van der Waals surface area contributed by atoms with E-state index in [2.05, 4.69) is 20.2 Å². The quantitative estimate of drug-likeness (QED) is 0.507. The van der Waals surface area contributed by atoms with Crippen molar-refractivity contribution in [2.45, 2.75) is 13.5 Å². The molecule has 0 saturated carbocycles. The molecule has 4 rings (SSSR count). The van der Waals surface area contributed by atoms with Gasteiger partial charge in [-0.1, -0.05) is 30.3 Å². The zero-order valence-corrected chi connectivity index (χ0v) is 13.9. The molecule has 4 aromatic rings. The highest BCUT2D eigenvalue weighted by molar-refractivity contribution is 5.94. The molecule has 0 atom stereocenters. The minimum Gasteiger partial charge on any atom is -0.461 e. The molecular weight excluding hydrogens is 336 g/mol. The van der Waals surface area contributed by atoms with Crippen LogP contribution in [0, 0.1) is 0 Å². The molecule has 0 fully saturated rings. The number of carbonyl (C=O) groups is 1. The van der Waals surface area contributed by atoms with Gasteiger partial charge < -0.3 is 4.74 Å². The lowest BCUT2D eigenvalue weighted by Gasteiger charge is -2.07. The molecule has 0 unspecified atom stereocenters. The summed E-state index contributed by atoms with van der Waals surface area (Å²) in [5.41, 5.74) is 1.27. The number of imidazole rings is 1. The first-order valence-corrected chi connectivity index (χ1v) is 7.99. The van der Waals surface area contributed by atoms with Crippen molar-refractivity contribution in [3.05, 3.63) is 64.6 Å². The second-order valence-electron chi connectivity index (χ2n) is 5.54. The number of aromatic nitrogens is 6. The number of benzene rings is 1. The van der Waals surface area contributed by atoms with E-state index >= 15 is 0 Å². The molecule has 9 nitrogen and oxygen atoms in total. The predicted octanol–water partition coefficient (Wildman–Crippen LogP) is 1.06. The van der Waals surface area contributed by atoms with E-state index in [1.165, 1.54) is 21.6 Å². The third kappa shape index (κ3) is 2.59. The minimum atomic E-state index is -0.596. The number of esters is 1. The van der Waals surface area contributed by atoms with E-state index in [9.17, 15) is 9.59 Å². The summed E-state index contributed by atoms with van der Waals surface area (Å²) in [6.45, 7) is 2.30. The van der Waals surface area contributed by atoms with E-state index < -0.39 is 5.97 Å². The van der Waals surface area contributed by atoms with Gasteiger partial charge in [0.05, 0.1) is 13.2 Å². The fraction of sp³-hybridized carbons (Fsp3) is 0.176. The van der Waals surface area contributed by atoms with Crippen LogP contribution in [0.25, 0.3) is 16.8 Å². The van der Waals surface area contributed by atoms with E-state index in [0.717, 1.165) is 5.56 Å². The van der Waals surface area contributed by atoms with Crippen molar-refractivity contribution in [1.82, 2.24) is 29.1 Å². The molecule has 130 valence electrons. The van der Waals surface area contributed by atoms with Crippen molar-refractivity contribution in [3.8, 4) is 0 Å². The lowest BCUT2D eigenvalue weighted by atomic mass is 10.2. The largest absolute Gasteiger partial charge is 0.461 e. The van der Waals surface area contributed by atoms with E-state index in [-0.39, 0.29) is 34.7 Å². The highest BCUT2D eigenvalue weighted by Gasteiger charge is 2.19. The van der Waals surface area contributed by atoms with Crippen molar-refractivity contribution in [1.29, 1.82) is 0 Å². The molecule has 0 amide bonds. The molecule has 1 aromatic carbocycles. The van der Waals surface area contributed by atoms with Gasteiger partial charge in [0, 0.05) is 0 Å². The van der Waals surface area contributed by atoms with E-state index in [4.69, 9.17) is 4.74 Å². The Bertz CT molecular complexity index is 1170. The van der Waals surface area contributed by atoms with Crippen molar-refractivity contribution < 1.29 is 9.53 Å². The molecule has 0 N–H and O–H groups in total. The monoisotopic (exact) mass is 350 g/mol. The molecule has 0 aliphatic carbocycles. The Balaban J connectivity index is 1.82. The van der Waals surface area contributed by atoms with Crippen molar-refractivity contribution in [2.24, 2.45) is 0 Å². The van der Waals surface area contributed by atoms with Gasteiger partial charge in [-0.3, -0.25) is 13.8 Å². The van der Waals surface area contributed by atoms with Gasteiger partial charge in [-0.25, -0.2) is 14.8 Å². The maximum atomic E-state index is 12.7. The Morgan fingerprint density at radius 3 is 2.65 bits per heavy atom. The Morgan fingerprint density at radius 2 is 1.88 bits per heavy atom. The van der Waals surface area contributed by atoms with Crippen LogP contribution in [0.5, 0.6) is 0 Å². The molecule has 0 bridgehead atoms. The number of carbonyl (C=O) groups excluding carboxylic acids is 1. The number of nitrogens with zero attached hydrogens (tertiary/aromatic N) is 6. The van der Waals surface area contributed by atoms with Crippen LogP contribution in [-0.4, -0.2) is 41.7 Å². The maximum Gasteiger partial charge on any atom is 0.360 e. The van der Waals surface area contributed by atoms with Crippen molar-refractivity contribution in [2.75, 3.05) is 6.61 Å². The van der Waals surface area contributed by atoms with Crippen LogP contribution < -0.4 is 5.56 Å². The molecule has 3 heterocycles. The second kappa shape index (κ2) is 6.36. The molecule has 26 heavy (non-hydrogen) atoms. The molecular formula is C17H14N6O3. The van der Waals surface area contributed by atoms with Gasteiger partial charge >= 0.3 is 5.97 Å². The van der Waals surface area contributed by atoms with Gasteiger partial charge in [0.2, 0.25) is 0 Å². The van der Waals surface area contributed by atoms with E-state index in [1.807, 2.05) is 30.3 Å². The summed E-state index contributed by atoms with van der Waals surface area (Å²) >= 11 is 0. The zero-order chi connectivity index (χ0) is 18.1. The average molecular weight is 350 g/mol. The molecule has 9 heteroatoms. The van der Waals surface area contributed by atoms with Crippen molar-refractivity contribution >= 4 is 22.8 Å². The van der Waals surface area contributed by atoms with Crippen LogP contribution in [0.4, 0.5) is 0 Å². The first kappa shape index (κ1) is 15.9. The fourth-order valence-electron chi connectivity index (χ4n) is 2.66. The Labute approximate surface area is 146 Å². The molecule has 3 aromatic heterocycles. The highest BCUT2D eigenvalue weighted by atomic mass is 16.5. The number of rotatable bonds is 4. The number of ether oxygens (including phenoxy) is 1. The van der Waals surface area contributed by atoms with Gasteiger partial charge in [-0.05, 0) is 12.5 Å². The summed E-state index contributed by atoms with van der Waals surface area (Å²) in [5, 5.41) is 7.95. The summed E-state index contributed by atoms with van der Waals surface area (Å²) < 4.78 is 7.87. The van der Waals surface area contributed by atoms with Crippen molar-refractivity contribution in [3.63, 3.8) is 0 Å². The van der Waals surface area contributed by atoms with E-state index in [1.54, 1.807) is 6.92 Å². The summed E-state index contributed by atoms with van der Waals surface area (Å²) in [6.07, 6.45) is 2.83. The number of hydrogen-bond donors (Lipinski definition) is 0. The Morgan fingerprint density at radius 1 is 1.08 bits per heavy atom. The highest BCUT2D eigenvalue weighted by Crippen LogP contribution is 2.12. The maximum absolute atomic E-state index is 12.7. The Hall–Kier alpha value is -3.62. The third-order valence-electron chi connectivity index (χ3n) is 3.87. The van der Waals surface area contributed by atoms with Crippen LogP contribution in [-0.2, 0) is 11.3 Å². The lowest BCUT2D eigenvalue weighted by molar-refractivity contribution is 0.0522. The van der Waals surface area contributed by atoms with Crippen LogP contribution in [0.15, 0.2) is 47.8 Å². The van der Waals surface area contributed by atoms with Crippen LogP contribution in [0.3, 0.4) is 0 Å². The minimum absolute atomic E-state index is 0.0384. The number of hydrogen-bond acceptors (Lipinski definition) is 7. The second-order valence-corrected chi connectivity index (χ2v) is 5.54. The van der Waals surface area contributed by atoms with Gasteiger partial charge in [0.25, 0.3) is 5.56 Å². The first-order valence-electron chi connectivity index (χ1n) is 7.99. The van der Waals surface area contributed by atoms with Crippen LogP contribution in [0.1, 0.15) is 23.0 Å². The lowest BCUT2D eigenvalue weighted by Crippen LogP contribution is -2.23. The normalized spacial score (nSPS) is 11.1. The summed E-state index contributed by atoms with van der Waals surface area (Å²) in [5.74, 6) is -0.596. The molecule has 0 spiro atoms. The summed E-state index contributed by atoms with van der Waals surface area (Å²) in [6, 6.07) is 9.56. The standard InChI is InChI=1S/C17H14N6O3/c1-2-26-17(25)13-15-21-20-12-14(23(15)10-18-13)19-9-22(16(12)24)8-11-6-4-3-5-7-11/h3-7,9-10H,2,8H2,1H3. The third-order valence-corrected chi connectivity index (χ3v) is 3.87. The van der Waals surface area contributed by atoms with Gasteiger partial charge in [0.15, 0.2) is 22.5 Å². The predicted molar refractivity (Wildman–Crippen MR) is 91.8 cm³/mol. The zero-order valence-electron chi connectivity index (χ0n) is 13.9. The van der Waals surface area contributed by atoms with Crippen LogP contribution >= 0.6 is 0 Å².